The molecule has 0 bridgehead atoms. The van der Waals surface area contributed by atoms with Gasteiger partial charge in [-0.15, -0.1) is 14.3 Å². The minimum absolute atomic E-state index is 0.0955. The van der Waals surface area contributed by atoms with E-state index < -0.39 is 0 Å². The van der Waals surface area contributed by atoms with Crippen molar-refractivity contribution in [2.75, 3.05) is 5.32 Å². The second kappa shape index (κ2) is 4.01. The van der Waals surface area contributed by atoms with Gasteiger partial charge in [0, 0.05) is 12.1 Å². The van der Waals surface area contributed by atoms with Crippen molar-refractivity contribution in [2.45, 2.75) is 25.9 Å². The summed E-state index contributed by atoms with van der Waals surface area (Å²) in [6.07, 6.45) is 0. The van der Waals surface area contributed by atoms with Crippen molar-refractivity contribution in [1.29, 1.82) is 0 Å². The first-order chi connectivity index (χ1) is 6.39. The second-order valence-corrected chi connectivity index (χ2v) is 5.15. The average molecular weight is 211 g/mol. The van der Waals surface area contributed by atoms with Crippen molar-refractivity contribution in [3.05, 3.63) is 17.8 Å². The van der Waals surface area contributed by atoms with Crippen molar-refractivity contribution in [2.24, 2.45) is 0 Å². The van der Waals surface area contributed by atoms with Gasteiger partial charge in [0.05, 0.1) is 5.69 Å². The summed E-state index contributed by atoms with van der Waals surface area (Å²) in [5.74, 6) is 0.340. The van der Waals surface area contributed by atoms with Gasteiger partial charge in [0.1, 0.15) is 0 Å². The van der Waals surface area contributed by atoms with Crippen LogP contribution in [0, 0.1) is 0 Å². The molecule has 0 aromatic carbocycles. The smallest absolute Gasteiger partial charge is 0.222 e. The Balaban J connectivity index is 2.84. The number of anilines is 1. The van der Waals surface area contributed by atoms with Gasteiger partial charge >= 0.3 is 0 Å². The zero-order valence-electron chi connectivity index (χ0n) is 8.53. The molecule has 1 N–H and O–H groups in total. The molecule has 1 rings (SSSR count). The maximum absolute atomic E-state index is 10.7. The fourth-order valence-electron chi connectivity index (χ4n) is 0.923. The van der Waals surface area contributed by atoms with Crippen LogP contribution in [-0.4, -0.2) is 16.1 Å². The lowest BCUT2D eigenvalue weighted by molar-refractivity contribution is -0.114. The predicted octanol–water partition coefficient (Wildman–Crippen LogP) is 1.55. The van der Waals surface area contributed by atoms with Crippen LogP contribution in [0.2, 0.25) is 0 Å². The number of rotatable bonds is 2. The van der Waals surface area contributed by atoms with Crippen molar-refractivity contribution < 1.29 is 4.79 Å². The van der Waals surface area contributed by atoms with Crippen LogP contribution >= 0.6 is 9.24 Å². The zero-order valence-corrected chi connectivity index (χ0v) is 9.69. The number of amides is 1. The van der Waals surface area contributed by atoms with E-state index in [4.69, 9.17) is 0 Å². The van der Waals surface area contributed by atoms with E-state index in [1.165, 1.54) is 6.92 Å². The lowest BCUT2D eigenvalue weighted by Gasteiger charge is -2.16. The Kier molecular flexibility index (Phi) is 3.17. The normalized spacial score (nSPS) is 11.1. The minimum Gasteiger partial charge on any atom is -0.309 e. The summed E-state index contributed by atoms with van der Waals surface area (Å²) in [5.41, 5.74) is 0.872. The van der Waals surface area contributed by atoms with Crippen LogP contribution in [-0.2, 0) is 9.95 Å². The van der Waals surface area contributed by atoms with E-state index >= 15 is 0 Å². The fourth-order valence-corrected chi connectivity index (χ4v) is 1.08. The van der Waals surface area contributed by atoms with Crippen LogP contribution in [0.4, 0.5) is 5.82 Å². The lowest BCUT2D eigenvalue weighted by atomic mass is 10.1. The number of hydrogen-bond acceptors (Lipinski definition) is 3. The lowest BCUT2D eigenvalue weighted by Crippen LogP contribution is -2.13. The molecule has 1 unspecified atom stereocenters. The van der Waals surface area contributed by atoms with Crippen molar-refractivity contribution in [1.82, 2.24) is 10.2 Å². The Hall–Kier alpha value is -1.02. The summed E-state index contributed by atoms with van der Waals surface area (Å²) in [5, 5.41) is 10.4. The van der Waals surface area contributed by atoms with Gasteiger partial charge in [-0.2, -0.15) is 5.10 Å². The molecule has 1 heterocycles. The number of carbonyl (C=O) groups excluding carboxylic acids is 1. The zero-order chi connectivity index (χ0) is 10.8. The van der Waals surface area contributed by atoms with Gasteiger partial charge in [0.15, 0.2) is 5.82 Å². The quantitative estimate of drug-likeness (QED) is 0.755. The minimum atomic E-state index is -0.141. The van der Waals surface area contributed by atoms with E-state index in [0.717, 1.165) is 5.69 Å². The fraction of sp³-hybridized carbons (Fsp3) is 0.444. The number of hydrogen-bond donors (Lipinski definition) is 1. The van der Waals surface area contributed by atoms with Gasteiger partial charge in [0.25, 0.3) is 0 Å². The van der Waals surface area contributed by atoms with E-state index in [1.807, 2.05) is 19.9 Å². The van der Waals surface area contributed by atoms with Gasteiger partial charge in [-0.1, -0.05) is 13.8 Å². The van der Waals surface area contributed by atoms with Crippen LogP contribution in [0.1, 0.15) is 26.5 Å². The summed E-state index contributed by atoms with van der Waals surface area (Å²) >= 11 is 0. The molecule has 0 aliphatic rings. The molecule has 0 saturated heterocycles. The molecule has 0 aliphatic carbocycles. The van der Waals surface area contributed by atoms with Crippen LogP contribution in [0.15, 0.2) is 12.1 Å². The van der Waals surface area contributed by atoms with Gasteiger partial charge < -0.3 is 5.32 Å². The molecular weight excluding hydrogens is 197 g/mol. The van der Waals surface area contributed by atoms with Crippen molar-refractivity contribution in [3.63, 3.8) is 0 Å². The Morgan fingerprint density at radius 2 is 2.07 bits per heavy atom. The Morgan fingerprint density at radius 3 is 2.43 bits per heavy atom. The molecule has 0 aliphatic heterocycles. The van der Waals surface area contributed by atoms with Crippen LogP contribution in [0.25, 0.3) is 0 Å². The monoisotopic (exact) mass is 211 g/mol. The maximum Gasteiger partial charge on any atom is 0.222 e. The highest BCUT2D eigenvalue weighted by Crippen LogP contribution is 2.27. The molecule has 1 amide bonds. The first-order valence-electron chi connectivity index (χ1n) is 4.30. The number of carbonyl (C=O) groups is 1. The van der Waals surface area contributed by atoms with E-state index in [0.29, 0.717) is 5.82 Å². The molecule has 1 aromatic heterocycles. The number of nitrogens with one attached hydrogen (secondary N) is 1. The van der Waals surface area contributed by atoms with Gasteiger partial charge in [0.2, 0.25) is 5.91 Å². The Bertz CT molecular complexity index is 329. The molecule has 14 heavy (non-hydrogen) atoms. The highest BCUT2D eigenvalue weighted by atomic mass is 31.0. The van der Waals surface area contributed by atoms with E-state index in [1.54, 1.807) is 6.07 Å². The summed E-state index contributed by atoms with van der Waals surface area (Å²) in [7, 11) is 2.69. The molecule has 0 saturated carbocycles. The topological polar surface area (TPSA) is 54.9 Å². The first-order valence-corrected chi connectivity index (χ1v) is 4.88. The van der Waals surface area contributed by atoms with Gasteiger partial charge in [-0.05, 0) is 12.1 Å². The summed E-state index contributed by atoms with van der Waals surface area (Å²) in [6, 6.07) is 3.60. The van der Waals surface area contributed by atoms with Crippen LogP contribution in [0.3, 0.4) is 0 Å². The molecule has 76 valence electrons. The van der Waals surface area contributed by atoms with Gasteiger partial charge in [-0.25, -0.2) is 0 Å². The van der Waals surface area contributed by atoms with E-state index in [-0.39, 0.29) is 11.1 Å². The predicted molar refractivity (Wildman–Crippen MR) is 59.1 cm³/mol. The standard InChI is InChI=1S/C9H14N3OP/c1-6(13)10-8-5-4-7(11-12-8)9(2,3)14/h4-5H,14H2,1-3H3,(H,10,12,13). The van der Waals surface area contributed by atoms with E-state index in [2.05, 4.69) is 24.8 Å². The third-order valence-corrected chi connectivity index (χ3v) is 1.92. The molecule has 1 atom stereocenters. The maximum atomic E-state index is 10.7. The highest BCUT2D eigenvalue weighted by molar-refractivity contribution is 7.18. The summed E-state index contributed by atoms with van der Waals surface area (Å²) in [6.45, 7) is 5.49. The molecular formula is C9H14N3OP. The van der Waals surface area contributed by atoms with E-state index in [9.17, 15) is 4.79 Å². The second-order valence-electron chi connectivity index (χ2n) is 3.71. The summed E-state index contributed by atoms with van der Waals surface area (Å²) in [4.78, 5) is 10.7. The molecule has 0 radical (unpaired) electrons. The first kappa shape index (κ1) is 11.1. The third-order valence-electron chi connectivity index (χ3n) is 1.63. The molecule has 0 fully saturated rings. The van der Waals surface area contributed by atoms with Crippen molar-refractivity contribution in [3.8, 4) is 0 Å². The molecule has 4 nitrogen and oxygen atoms in total. The number of nitrogens with zero attached hydrogens (tertiary/aromatic N) is 2. The van der Waals surface area contributed by atoms with Crippen molar-refractivity contribution >= 4 is 21.0 Å². The van der Waals surface area contributed by atoms with Crippen LogP contribution < -0.4 is 5.32 Å². The summed E-state index contributed by atoms with van der Waals surface area (Å²) < 4.78 is 0. The highest BCUT2D eigenvalue weighted by Gasteiger charge is 2.15. The third kappa shape index (κ3) is 3.04. The van der Waals surface area contributed by atoms with Gasteiger partial charge in [-0.3, -0.25) is 4.79 Å². The number of aromatic nitrogens is 2. The average Bonchev–Trinajstić information content (AvgIpc) is 2.02. The molecule has 5 heteroatoms. The molecule has 1 aromatic rings. The SMILES string of the molecule is CC(=O)Nc1ccc(C(C)(C)P)nn1. The Morgan fingerprint density at radius 1 is 1.43 bits per heavy atom. The molecule has 0 spiro atoms. The van der Waals surface area contributed by atoms with Crippen LogP contribution in [0.5, 0.6) is 0 Å². The largest absolute Gasteiger partial charge is 0.309 e. The Labute approximate surface area is 85.7 Å².